The van der Waals surface area contributed by atoms with Crippen molar-refractivity contribution in [2.24, 2.45) is 0 Å². The van der Waals surface area contributed by atoms with E-state index in [9.17, 15) is 0 Å². The standard InChI is InChI=1S/C63H41NOS/c1-2-13-40(14-3-1)44-17-12-18-47(37-44)64(48-32-33-53-52-22-9-11-24-59(52)66-60(53)39-48)46-30-25-41(26-31-46)45-29-34-56-54(38-45)51-21-8-10-23-55(51)63(56)57-35-27-42-15-4-6-19-49(42)61(57)65-62-50-20-7-5-16-43(50)28-36-58(62)63/h1-38,60H,39H2. The van der Waals surface area contributed by atoms with Gasteiger partial charge in [0.15, 0.2) is 0 Å². The minimum absolute atomic E-state index is 0.381. The zero-order valence-corrected chi connectivity index (χ0v) is 36.8. The molecule has 10 aromatic carbocycles. The molecule has 0 amide bonds. The molecule has 2 aliphatic heterocycles. The molecule has 0 radical (unpaired) electrons. The van der Waals surface area contributed by atoms with Gasteiger partial charge in [0.2, 0.25) is 0 Å². The molecule has 0 saturated heterocycles. The summed E-state index contributed by atoms with van der Waals surface area (Å²) in [6.45, 7) is 0. The Hall–Kier alpha value is -7.85. The minimum Gasteiger partial charge on any atom is -0.455 e. The highest BCUT2D eigenvalue weighted by Gasteiger charge is 2.52. The summed E-state index contributed by atoms with van der Waals surface area (Å²) in [4.78, 5) is 3.85. The van der Waals surface area contributed by atoms with Crippen LogP contribution < -0.4 is 9.64 Å². The van der Waals surface area contributed by atoms with E-state index in [1.54, 1.807) is 0 Å². The summed E-state index contributed by atoms with van der Waals surface area (Å²) in [5.41, 5.74) is 18.1. The Bertz CT molecular complexity index is 3610. The number of benzene rings is 10. The van der Waals surface area contributed by atoms with Crippen LogP contribution in [0.3, 0.4) is 0 Å². The lowest BCUT2D eigenvalue weighted by molar-refractivity contribution is 0.447. The normalized spacial score (nSPS) is 15.7. The van der Waals surface area contributed by atoms with Gasteiger partial charge in [-0.2, -0.15) is 0 Å². The monoisotopic (exact) mass is 859 g/mol. The van der Waals surface area contributed by atoms with E-state index in [1.165, 1.54) is 88.1 Å². The molecule has 0 fully saturated rings. The first-order valence-electron chi connectivity index (χ1n) is 22.9. The van der Waals surface area contributed by atoms with E-state index in [2.05, 4.69) is 235 Å². The van der Waals surface area contributed by atoms with E-state index in [4.69, 9.17) is 4.74 Å². The van der Waals surface area contributed by atoms with Crippen molar-refractivity contribution in [3.05, 3.63) is 264 Å². The molecule has 14 rings (SSSR count). The fourth-order valence-electron chi connectivity index (χ4n) is 11.5. The van der Waals surface area contributed by atoms with Crippen LogP contribution in [0.2, 0.25) is 0 Å². The molecule has 2 heterocycles. The third-order valence-electron chi connectivity index (χ3n) is 14.4. The molecule has 0 bridgehead atoms. The molecule has 4 aliphatic rings. The quantitative estimate of drug-likeness (QED) is 0.171. The molecule has 310 valence electrons. The van der Waals surface area contributed by atoms with E-state index < -0.39 is 5.41 Å². The number of fused-ring (bicyclic) bond motifs is 16. The SMILES string of the molecule is C1=C2c3ccccc3SC2CC(N(c2ccc(-c3ccc4c(c3)-c3ccccc3C43c4ccc5ccccc5c4Oc4c3ccc3ccccc43)cc2)c2cccc(-c3ccccc3)c2)=C1. The van der Waals surface area contributed by atoms with E-state index >= 15 is 0 Å². The van der Waals surface area contributed by atoms with Gasteiger partial charge in [0, 0.05) is 55.5 Å². The van der Waals surface area contributed by atoms with Gasteiger partial charge in [-0.05, 0) is 109 Å². The van der Waals surface area contributed by atoms with Crippen LogP contribution in [0.5, 0.6) is 11.5 Å². The Morgan fingerprint density at radius 2 is 1.02 bits per heavy atom. The van der Waals surface area contributed by atoms with Crippen molar-refractivity contribution in [1.82, 2.24) is 0 Å². The fourth-order valence-corrected chi connectivity index (χ4v) is 12.8. The third kappa shape index (κ3) is 5.50. The molecule has 0 saturated carbocycles. The molecule has 0 aromatic heterocycles. The maximum atomic E-state index is 7.17. The van der Waals surface area contributed by atoms with Crippen molar-refractivity contribution in [2.45, 2.75) is 22.0 Å². The second kappa shape index (κ2) is 14.6. The summed E-state index contributed by atoms with van der Waals surface area (Å²) in [5.74, 6) is 1.88. The molecule has 0 N–H and O–H groups in total. The molecule has 1 spiro atoms. The predicted octanol–water partition coefficient (Wildman–Crippen LogP) is 16.8. The van der Waals surface area contributed by atoms with Crippen LogP contribution in [-0.2, 0) is 5.41 Å². The average molecular weight is 860 g/mol. The van der Waals surface area contributed by atoms with Crippen molar-refractivity contribution in [1.29, 1.82) is 0 Å². The number of allylic oxidation sites excluding steroid dienone is 3. The van der Waals surface area contributed by atoms with Crippen molar-refractivity contribution >= 4 is 50.3 Å². The van der Waals surface area contributed by atoms with Gasteiger partial charge >= 0.3 is 0 Å². The number of anilines is 2. The van der Waals surface area contributed by atoms with Gasteiger partial charge in [-0.25, -0.2) is 0 Å². The van der Waals surface area contributed by atoms with Crippen LogP contribution in [-0.4, -0.2) is 5.25 Å². The van der Waals surface area contributed by atoms with Gasteiger partial charge in [0.05, 0.1) is 5.41 Å². The van der Waals surface area contributed by atoms with Gasteiger partial charge in [-0.15, -0.1) is 11.8 Å². The zero-order chi connectivity index (χ0) is 43.3. The first-order valence-corrected chi connectivity index (χ1v) is 23.8. The first-order chi connectivity index (χ1) is 32.7. The Kier molecular flexibility index (Phi) is 8.29. The van der Waals surface area contributed by atoms with Crippen LogP contribution >= 0.6 is 11.8 Å². The molecule has 2 nitrogen and oxygen atoms in total. The minimum atomic E-state index is -0.568. The van der Waals surface area contributed by atoms with Crippen molar-refractivity contribution < 1.29 is 4.74 Å². The summed E-state index contributed by atoms with van der Waals surface area (Å²) >= 11 is 1.99. The van der Waals surface area contributed by atoms with Crippen LogP contribution in [0.25, 0.3) is 60.5 Å². The van der Waals surface area contributed by atoms with E-state index in [0.717, 1.165) is 40.1 Å². The summed E-state index contributed by atoms with van der Waals surface area (Å²) in [5, 5.41) is 4.98. The fraction of sp³-hybridized carbons (Fsp3) is 0.0476. The smallest absolute Gasteiger partial charge is 0.140 e. The maximum Gasteiger partial charge on any atom is 0.140 e. The molecular formula is C63H41NOS. The van der Waals surface area contributed by atoms with Crippen molar-refractivity contribution in [2.75, 3.05) is 4.90 Å². The largest absolute Gasteiger partial charge is 0.455 e. The molecule has 2 aliphatic carbocycles. The lowest BCUT2D eigenvalue weighted by Crippen LogP contribution is -2.32. The molecule has 1 atom stereocenters. The van der Waals surface area contributed by atoms with Crippen molar-refractivity contribution in [3.63, 3.8) is 0 Å². The summed E-state index contributed by atoms with van der Waals surface area (Å²) in [6.07, 6.45) is 5.65. The lowest BCUT2D eigenvalue weighted by Gasteiger charge is -2.40. The highest BCUT2D eigenvalue weighted by atomic mass is 32.2. The van der Waals surface area contributed by atoms with Crippen LogP contribution in [0, 0.1) is 0 Å². The van der Waals surface area contributed by atoms with Gasteiger partial charge in [0.1, 0.15) is 11.5 Å². The molecule has 3 heteroatoms. The first kappa shape index (κ1) is 37.5. The van der Waals surface area contributed by atoms with E-state index in [0.29, 0.717) is 5.25 Å². The number of hydrogen-bond acceptors (Lipinski definition) is 3. The third-order valence-corrected chi connectivity index (χ3v) is 15.8. The van der Waals surface area contributed by atoms with Crippen LogP contribution in [0.15, 0.2) is 241 Å². The second-order valence-electron chi connectivity index (χ2n) is 17.9. The number of rotatable bonds is 5. The van der Waals surface area contributed by atoms with Gasteiger partial charge in [0.25, 0.3) is 0 Å². The Morgan fingerprint density at radius 1 is 0.424 bits per heavy atom. The van der Waals surface area contributed by atoms with Crippen molar-refractivity contribution in [3.8, 4) is 44.9 Å². The maximum absolute atomic E-state index is 7.17. The highest BCUT2D eigenvalue weighted by molar-refractivity contribution is 8.00. The van der Waals surface area contributed by atoms with Gasteiger partial charge in [-0.3, -0.25) is 0 Å². The predicted molar refractivity (Wildman–Crippen MR) is 275 cm³/mol. The summed E-state index contributed by atoms with van der Waals surface area (Å²) in [7, 11) is 0. The van der Waals surface area contributed by atoms with E-state index in [-0.39, 0.29) is 0 Å². The van der Waals surface area contributed by atoms with Gasteiger partial charge < -0.3 is 9.64 Å². The molecule has 66 heavy (non-hydrogen) atoms. The molecule has 1 unspecified atom stereocenters. The number of thioether (sulfide) groups is 1. The lowest BCUT2D eigenvalue weighted by atomic mass is 9.65. The highest BCUT2D eigenvalue weighted by Crippen LogP contribution is 2.64. The Morgan fingerprint density at radius 3 is 1.79 bits per heavy atom. The number of nitrogens with zero attached hydrogens (tertiary/aromatic N) is 1. The second-order valence-corrected chi connectivity index (χ2v) is 19.1. The number of ether oxygens (including phenoxy) is 1. The average Bonchev–Trinajstić information content (AvgIpc) is 3.90. The topological polar surface area (TPSA) is 12.5 Å². The van der Waals surface area contributed by atoms with Gasteiger partial charge in [-0.1, -0.05) is 188 Å². The Balaban J connectivity index is 0.904. The molecular weight excluding hydrogens is 819 g/mol. The van der Waals surface area contributed by atoms with Crippen LogP contribution in [0.1, 0.15) is 34.2 Å². The Labute approximate surface area is 388 Å². The van der Waals surface area contributed by atoms with Crippen LogP contribution in [0.4, 0.5) is 11.4 Å². The number of hydrogen-bond donors (Lipinski definition) is 0. The van der Waals surface area contributed by atoms with E-state index in [1.807, 2.05) is 11.8 Å². The zero-order valence-electron chi connectivity index (χ0n) is 36.0. The summed E-state index contributed by atoms with van der Waals surface area (Å²) < 4.78 is 7.17. The molecule has 10 aromatic rings. The summed E-state index contributed by atoms with van der Waals surface area (Å²) in [6, 6.07) is 80.5.